The van der Waals surface area contributed by atoms with Gasteiger partial charge in [0.2, 0.25) is 20.0 Å². The van der Waals surface area contributed by atoms with Gasteiger partial charge in [0.1, 0.15) is 5.75 Å². The fourth-order valence-corrected chi connectivity index (χ4v) is 6.19. The molecule has 28 heavy (non-hydrogen) atoms. The Kier molecular flexibility index (Phi) is 6.73. The molecule has 11 heteroatoms. The van der Waals surface area contributed by atoms with Gasteiger partial charge in [0.05, 0.1) is 18.2 Å². The third-order valence-electron chi connectivity index (χ3n) is 3.48. The highest BCUT2D eigenvalue weighted by molar-refractivity contribution is 9.10. The quantitative estimate of drug-likeness (QED) is 0.638. The molecular formula is C17H19BrN2O6S2. The van der Waals surface area contributed by atoms with Crippen LogP contribution in [0.5, 0.6) is 5.75 Å². The Bertz CT molecular complexity index is 1070. The van der Waals surface area contributed by atoms with Gasteiger partial charge in [-0.1, -0.05) is 18.2 Å². The van der Waals surface area contributed by atoms with Crippen molar-refractivity contribution in [3.63, 3.8) is 0 Å². The molecule has 0 radical (unpaired) electrons. The molecule has 0 unspecified atom stereocenters. The molecule has 152 valence electrons. The molecule has 1 N–H and O–H groups in total. The first-order valence-corrected chi connectivity index (χ1v) is 12.4. The fourth-order valence-electron chi connectivity index (χ4n) is 2.39. The van der Waals surface area contributed by atoms with Gasteiger partial charge in [-0.05, 0) is 52.7 Å². The molecule has 0 aliphatic carbocycles. The molecule has 0 aliphatic heterocycles. The van der Waals surface area contributed by atoms with Gasteiger partial charge in [-0.2, -0.15) is 3.71 Å². The van der Waals surface area contributed by atoms with E-state index < -0.39 is 26.0 Å². The molecule has 0 aliphatic rings. The first kappa shape index (κ1) is 22.2. The van der Waals surface area contributed by atoms with E-state index in [2.05, 4.69) is 21.2 Å². The van der Waals surface area contributed by atoms with Crippen LogP contribution >= 0.6 is 15.9 Å². The van der Waals surface area contributed by atoms with Gasteiger partial charge in [0.25, 0.3) is 5.91 Å². The number of carbonyl (C=O) groups excluding carboxylic acids is 1. The number of para-hydroxylation sites is 1. The van der Waals surface area contributed by atoms with Crippen molar-refractivity contribution in [2.75, 3.05) is 28.1 Å². The third-order valence-corrected chi connectivity index (χ3v) is 7.34. The average molecular weight is 491 g/mol. The minimum atomic E-state index is -4.07. The zero-order valence-corrected chi connectivity index (χ0v) is 18.6. The normalized spacial score (nSPS) is 11.7. The maximum atomic E-state index is 12.1. The minimum Gasteiger partial charge on any atom is -0.483 e. The highest BCUT2D eigenvalue weighted by Crippen LogP contribution is 2.32. The Hall–Kier alpha value is -2.11. The summed E-state index contributed by atoms with van der Waals surface area (Å²) >= 11 is 3.15. The number of hydrogen-bond acceptors (Lipinski definition) is 6. The predicted octanol–water partition coefficient (Wildman–Crippen LogP) is 2.50. The number of sulfonamides is 2. The van der Waals surface area contributed by atoms with Crippen LogP contribution in [0, 0.1) is 6.92 Å². The van der Waals surface area contributed by atoms with Crippen molar-refractivity contribution in [3.8, 4) is 5.75 Å². The molecule has 0 bridgehead atoms. The first-order chi connectivity index (χ1) is 12.9. The largest absolute Gasteiger partial charge is 0.483 e. The van der Waals surface area contributed by atoms with Crippen molar-refractivity contribution in [1.82, 2.24) is 0 Å². The van der Waals surface area contributed by atoms with Gasteiger partial charge >= 0.3 is 0 Å². The number of nitrogens with zero attached hydrogens (tertiary/aromatic N) is 1. The van der Waals surface area contributed by atoms with Crippen molar-refractivity contribution in [2.24, 2.45) is 0 Å². The molecule has 0 saturated carbocycles. The van der Waals surface area contributed by atoms with E-state index in [1.165, 1.54) is 18.2 Å². The zero-order chi connectivity index (χ0) is 21.1. The number of hydrogen-bond donors (Lipinski definition) is 1. The topological polar surface area (TPSA) is 110 Å². The lowest BCUT2D eigenvalue weighted by Crippen LogP contribution is -2.35. The standard InChI is InChI=1S/C17H19BrN2O6S2/c1-12-6-4-5-7-16(12)26-11-17(21)19-13-8-9-15(14(18)10-13)20(27(2,22)23)28(3,24)25/h4-10H,11H2,1-3H3,(H,19,21). The van der Waals surface area contributed by atoms with Crippen molar-refractivity contribution >= 4 is 53.3 Å². The van der Waals surface area contributed by atoms with Gasteiger partial charge in [0.15, 0.2) is 6.61 Å². The van der Waals surface area contributed by atoms with Crippen LogP contribution in [-0.4, -0.2) is 41.9 Å². The second-order valence-electron chi connectivity index (χ2n) is 5.99. The monoisotopic (exact) mass is 490 g/mol. The van der Waals surface area contributed by atoms with Crippen LogP contribution in [0.4, 0.5) is 11.4 Å². The van der Waals surface area contributed by atoms with Crippen molar-refractivity contribution in [2.45, 2.75) is 6.92 Å². The van der Waals surface area contributed by atoms with E-state index in [1.54, 1.807) is 12.1 Å². The number of halogens is 1. The Morgan fingerprint density at radius 2 is 1.68 bits per heavy atom. The molecule has 2 aromatic carbocycles. The van der Waals surface area contributed by atoms with Gasteiger partial charge in [0, 0.05) is 10.2 Å². The molecule has 0 heterocycles. The number of ether oxygens (including phenoxy) is 1. The lowest BCUT2D eigenvalue weighted by molar-refractivity contribution is -0.118. The van der Waals surface area contributed by atoms with Crippen molar-refractivity contribution < 1.29 is 26.4 Å². The van der Waals surface area contributed by atoms with Crippen LogP contribution in [0.2, 0.25) is 0 Å². The van der Waals surface area contributed by atoms with Crippen molar-refractivity contribution in [1.29, 1.82) is 0 Å². The highest BCUT2D eigenvalue weighted by Gasteiger charge is 2.29. The molecule has 2 aromatic rings. The summed E-state index contributed by atoms with van der Waals surface area (Å²) in [5, 5.41) is 2.60. The maximum Gasteiger partial charge on any atom is 0.262 e. The Morgan fingerprint density at radius 1 is 1.07 bits per heavy atom. The molecular weight excluding hydrogens is 472 g/mol. The Morgan fingerprint density at radius 3 is 2.21 bits per heavy atom. The van der Waals surface area contributed by atoms with Crippen LogP contribution in [0.3, 0.4) is 0 Å². The van der Waals surface area contributed by atoms with Crippen LogP contribution in [-0.2, 0) is 24.8 Å². The fraction of sp³-hybridized carbons (Fsp3) is 0.235. The van der Waals surface area contributed by atoms with E-state index in [9.17, 15) is 21.6 Å². The number of anilines is 2. The van der Waals surface area contributed by atoms with E-state index in [4.69, 9.17) is 4.74 Å². The minimum absolute atomic E-state index is 0.0841. The summed E-state index contributed by atoms with van der Waals surface area (Å²) in [5.41, 5.74) is 1.15. The molecule has 0 atom stereocenters. The SMILES string of the molecule is Cc1ccccc1OCC(=O)Nc1ccc(N(S(C)(=O)=O)S(C)(=O)=O)c(Br)c1. The molecule has 0 spiro atoms. The van der Waals surface area contributed by atoms with Crippen LogP contribution < -0.4 is 13.8 Å². The van der Waals surface area contributed by atoms with Gasteiger partial charge in [-0.25, -0.2) is 16.8 Å². The number of rotatable bonds is 7. The highest BCUT2D eigenvalue weighted by atomic mass is 79.9. The average Bonchev–Trinajstić information content (AvgIpc) is 2.54. The van der Waals surface area contributed by atoms with Crippen molar-refractivity contribution in [3.05, 3.63) is 52.5 Å². The zero-order valence-electron chi connectivity index (χ0n) is 15.3. The number of benzene rings is 2. The number of nitrogens with one attached hydrogen (secondary N) is 1. The van der Waals surface area contributed by atoms with E-state index in [0.29, 0.717) is 15.1 Å². The summed E-state index contributed by atoms with van der Waals surface area (Å²) in [6.07, 6.45) is 1.58. The van der Waals surface area contributed by atoms with Crippen LogP contribution in [0.1, 0.15) is 5.56 Å². The van der Waals surface area contributed by atoms with E-state index in [1.807, 2.05) is 19.1 Å². The van der Waals surface area contributed by atoms with Gasteiger partial charge in [-0.3, -0.25) is 4.79 Å². The summed E-state index contributed by atoms with van der Waals surface area (Å²) in [5.74, 6) is 0.164. The van der Waals surface area contributed by atoms with E-state index in [-0.39, 0.29) is 16.8 Å². The smallest absolute Gasteiger partial charge is 0.262 e. The second kappa shape index (κ2) is 8.50. The molecule has 0 fully saturated rings. The summed E-state index contributed by atoms with van der Waals surface area (Å²) < 4.78 is 53.5. The molecule has 1 amide bonds. The summed E-state index contributed by atoms with van der Waals surface area (Å²) in [7, 11) is -8.14. The molecule has 2 rings (SSSR count). The number of amides is 1. The van der Waals surface area contributed by atoms with E-state index in [0.717, 1.165) is 18.1 Å². The molecule has 0 saturated heterocycles. The molecule has 8 nitrogen and oxygen atoms in total. The van der Waals surface area contributed by atoms with Gasteiger partial charge in [-0.15, -0.1) is 0 Å². The second-order valence-corrected chi connectivity index (χ2v) is 10.7. The summed E-state index contributed by atoms with van der Waals surface area (Å²) in [6.45, 7) is 1.64. The van der Waals surface area contributed by atoms with Crippen LogP contribution in [0.25, 0.3) is 0 Å². The Labute approximate surface area is 172 Å². The predicted molar refractivity (Wildman–Crippen MR) is 112 cm³/mol. The third kappa shape index (κ3) is 5.69. The summed E-state index contributed by atoms with van der Waals surface area (Å²) in [4.78, 5) is 12.1. The molecule has 0 aromatic heterocycles. The maximum absolute atomic E-state index is 12.1. The first-order valence-electron chi connectivity index (χ1n) is 7.88. The Balaban J connectivity index is 2.16. The summed E-state index contributed by atoms with van der Waals surface area (Å²) in [6, 6.07) is 11.4. The lowest BCUT2D eigenvalue weighted by atomic mass is 10.2. The number of aryl methyl sites for hydroxylation is 1. The number of carbonyl (C=O) groups is 1. The van der Waals surface area contributed by atoms with Gasteiger partial charge < -0.3 is 10.1 Å². The van der Waals surface area contributed by atoms with Crippen LogP contribution in [0.15, 0.2) is 46.9 Å². The van der Waals surface area contributed by atoms with E-state index >= 15 is 0 Å². The lowest BCUT2D eigenvalue weighted by Gasteiger charge is -2.21.